The second-order valence-corrected chi connectivity index (χ2v) is 6.96. The van der Waals surface area contributed by atoms with Crippen molar-refractivity contribution in [3.63, 3.8) is 0 Å². The van der Waals surface area contributed by atoms with E-state index in [1.165, 1.54) is 33.0 Å². The number of carbonyl (C=O) groups is 1. The van der Waals surface area contributed by atoms with Crippen molar-refractivity contribution in [1.29, 1.82) is 0 Å². The van der Waals surface area contributed by atoms with Gasteiger partial charge in [-0.15, -0.1) is 6.58 Å². The molecule has 0 aromatic heterocycles. The summed E-state index contributed by atoms with van der Waals surface area (Å²) in [4.78, 5) is 11.4. The Morgan fingerprint density at radius 1 is 1.11 bits per heavy atom. The van der Waals surface area contributed by atoms with Crippen molar-refractivity contribution in [3.8, 4) is 0 Å². The van der Waals surface area contributed by atoms with Crippen molar-refractivity contribution in [1.82, 2.24) is 0 Å². The van der Waals surface area contributed by atoms with Gasteiger partial charge in [0.15, 0.2) is 11.5 Å². The first-order chi connectivity index (χ1) is 12.7. The van der Waals surface area contributed by atoms with Crippen molar-refractivity contribution in [2.24, 2.45) is 5.92 Å². The summed E-state index contributed by atoms with van der Waals surface area (Å²) in [5.41, 5.74) is 2.13. The molecule has 5 nitrogen and oxygen atoms in total. The van der Waals surface area contributed by atoms with Gasteiger partial charge in [0.05, 0.1) is 33.0 Å². The summed E-state index contributed by atoms with van der Waals surface area (Å²) < 4.78 is 20.9. The van der Waals surface area contributed by atoms with Crippen molar-refractivity contribution in [3.05, 3.63) is 59.6 Å². The fourth-order valence-electron chi connectivity index (χ4n) is 2.80. The summed E-state index contributed by atoms with van der Waals surface area (Å²) in [6.45, 7) is 12.2. The van der Waals surface area contributed by atoms with Gasteiger partial charge < -0.3 is 18.9 Å². The lowest BCUT2D eigenvalue weighted by molar-refractivity contribution is -0.135. The first-order valence-electron chi connectivity index (χ1n) is 8.95. The molecule has 1 unspecified atom stereocenters. The molecule has 0 aliphatic carbocycles. The fraction of sp³-hybridized carbons (Fsp3) is 0.500. The minimum atomic E-state index is -0.505. The van der Waals surface area contributed by atoms with E-state index in [1.807, 2.05) is 25.2 Å². The quantitative estimate of drug-likeness (QED) is 0.140. The maximum Gasteiger partial charge on any atom is 0.334 e. The number of hydrogen-bond acceptors (Lipinski definition) is 5. The van der Waals surface area contributed by atoms with Crippen LogP contribution in [-0.4, -0.2) is 39.0 Å². The van der Waals surface area contributed by atoms with E-state index in [1.54, 1.807) is 0 Å². The number of esters is 1. The molecule has 1 aliphatic heterocycles. The highest BCUT2D eigenvalue weighted by Crippen LogP contribution is 2.43. The van der Waals surface area contributed by atoms with Crippen LogP contribution in [0.3, 0.4) is 0 Å². The van der Waals surface area contributed by atoms with E-state index in [0.717, 1.165) is 12.0 Å². The number of allylic oxidation sites excluding steroid dienone is 5. The molecule has 1 heterocycles. The summed E-state index contributed by atoms with van der Waals surface area (Å²) >= 11 is 0. The number of carbonyl (C=O) groups excluding carboxylic acids is 1. The van der Waals surface area contributed by atoms with Gasteiger partial charge in [-0.3, -0.25) is 0 Å². The first-order valence-corrected chi connectivity index (χ1v) is 8.95. The molecule has 0 saturated carbocycles. The molecule has 0 spiro atoms. The van der Waals surface area contributed by atoms with Crippen LogP contribution >= 0.6 is 0 Å². The van der Waals surface area contributed by atoms with Crippen LogP contribution in [0.2, 0.25) is 0 Å². The summed E-state index contributed by atoms with van der Waals surface area (Å²) in [5, 5.41) is 0. The smallest absolute Gasteiger partial charge is 0.334 e. The van der Waals surface area contributed by atoms with Crippen LogP contribution in [0, 0.1) is 5.92 Å². The highest BCUT2D eigenvalue weighted by atomic mass is 16.6. The zero-order valence-corrected chi connectivity index (χ0v) is 17.5. The second-order valence-electron chi connectivity index (χ2n) is 6.96. The number of hydrogen-bond donors (Lipinski definition) is 0. The van der Waals surface area contributed by atoms with Crippen LogP contribution < -0.4 is 0 Å². The van der Waals surface area contributed by atoms with Gasteiger partial charge in [-0.05, 0) is 44.8 Å². The minimum absolute atomic E-state index is 0.0931. The molecule has 0 radical (unpaired) electrons. The standard InChI is InChI=1S/C22H32O5/c1-9-20-22(5,27-20)14-17(4)16(3)11-10-15(2)12-18(24-6)19(25-7)13-21(23)26-8/h9-13,17,20H,1,14H2,2-8H3/b15-10+,16-11+,18-12+,19-13+/t17?,20-,22-/m0/s1. The molecule has 0 aromatic carbocycles. The van der Waals surface area contributed by atoms with Gasteiger partial charge in [0.25, 0.3) is 0 Å². The molecule has 1 fully saturated rings. The van der Waals surface area contributed by atoms with Crippen LogP contribution in [-0.2, 0) is 23.7 Å². The van der Waals surface area contributed by atoms with E-state index in [4.69, 9.17) is 14.2 Å². The van der Waals surface area contributed by atoms with E-state index in [2.05, 4.69) is 38.2 Å². The van der Waals surface area contributed by atoms with Crippen molar-refractivity contribution in [2.45, 2.75) is 45.8 Å². The zero-order chi connectivity index (χ0) is 20.6. The lowest BCUT2D eigenvalue weighted by Gasteiger charge is -2.15. The molecule has 1 rings (SSSR count). The molecular formula is C22H32O5. The number of epoxide rings is 1. The molecule has 5 heteroatoms. The topological polar surface area (TPSA) is 57.3 Å². The third kappa shape index (κ3) is 6.75. The average molecular weight is 376 g/mol. The van der Waals surface area contributed by atoms with E-state index in [9.17, 15) is 4.79 Å². The Balaban J connectivity index is 2.87. The Hall–Kier alpha value is -2.27. The lowest BCUT2D eigenvalue weighted by atomic mass is 9.89. The van der Waals surface area contributed by atoms with Crippen LogP contribution in [0.25, 0.3) is 0 Å². The van der Waals surface area contributed by atoms with Gasteiger partial charge in [0.2, 0.25) is 0 Å². The monoisotopic (exact) mass is 376 g/mol. The normalized spacial score (nSPS) is 24.9. The zero-order valence-electron chi connectivity index (χ0n) is 17.5. The molecule has 0 amide bonds. The molecule has 27 heavy (non-hydrogen) atoms. The van der Waals surface area contributed by atoms with Gasteiger partial charge in [-0.1, -0.05) is 30.7 Å². The largest absolute Gasteiger partial charge is 0.493 e. The third-order valence-corrected chi connectivity index (χ3v) is 4.74. The van der Waals surface area contributed by atoms with Crippen molar-refractivity contribution < 1.29 is 23.7 Å². The molecule has 150 valence electrons. The average Bonchev–Trinajstić information content (AvgIpc) is 3.31. The SMILES string of the molecule is C=C[C@@H]1O[C@@]1(C)CC(C)/C(C)=C/C=C(C)/C=C(OC)\C(=C/C(=O)OC)OC. The van der Waals surface area contributed by atoms with Gasteiger partial charge in [-0.25, -0.2) is 4.79 Å². The van der Waals surface area contributed by atoms with E-state index < -0.39 is 5.97 Å². The molecule has 0 aromatic rings. The van der Waals surface area contributed by atoms with Gasteiger partial charge >= 0.3 is 5.97 Å². The molecular weight excluding hydrogens is 344 g/mol. The summed E-state index contributed by atoms with van der Waals surface area (Å²) in [6.07, 6.45) is 10.1. The Labute approximate surface area is 163 Å². The van der Waals surface area contributed by atoms with E-state index in [-0.39, 0.29) is 11.7 Å². The maximum atomic E-state index is 11.4. The van der Waals surface area contributed by atoms with Crippen molar-refractivity contribution >= 4 is 5.97 Å². The Morgan fingerprint density at radius 3 is 2.19 bits per heavy atom. The fourth-order valence-corrected chi connectivity index (χ4v) is 2.80. The van der Waals surface area contributed by atoms with Gasteiger partial charge in [0, 0.05) is 0 Å². The third-order valence-electron chi connectivity index (χ3n) is 4.74. The molecule has 3 atom stereocenters. The predicted molar refractivity (Wildman–Crippen MR) is 107 cm³/mol. The maximum absolute atomic E-state index is 11.4. The lowest BCUT2D eigenvalue weighted by Crippen LogP contribution is -2.14. The highest BCUT2D eigenvalue weighted by Gasteiger charge is 2.50. The van der Waals surface area contributed by atoms with Crippen LogP contribution in [0.1, 0.15) is 34.1 Å². The first kappa shape index (κ1) is 22.8. The highest BCUT2D eigenvalue weighted by molar-refractivity contribution is 5.83. The van der Waals surface area contributed by atoms with Crippen LogP contribution in [0.15, 0.2) is 59.6 Å². The Bertz CT molecular complexity index is 668. The van der Waals surface area contributed by atoms with E-state index in [0.29, 0.717) is 17.4 Å². The number of methoxy groups -OCH3 is 3. The summed E-state index contributed by atoms with van der Waals surface area (Å²) in [6, 6.07) is 0. The summed E-state index contributed by atoms with van der Waals surface area (Å²) in [7, 11) is 4.31. The number of ether oxygens (including phenoxy) is 4. The minimum Gasteiger partial charge on any atom is -0.493 e. The Morgan fingerprint density at radius 2 is 1.70 bits per heavy atom. The predicted octanol–water partition coefficient (Wildman–Crippen LogP) is 4.48. The Kier molecular flexibility index (Phi) is 8.57. The molecule has 1 aliphatic rings. The molecule has 0 N–H and O–H groups in total. The van der Waals surface area contributed by atoms with Crippen LogP contribution in [0.5, 0.6) is 0 Å². The van der Waals surface area contributed by atoms with Crippen LogP contribution in [0.4, 0.5) is 0 Å². The second kappa shape index (κ2) is 10.2. The molecule has 1 saturated heterocycles. The van der Waals surface area contributed by atoms with E-state index >= 15 is 0 Å². The number of rotatable bonds is 10. The summed E-state index contributed by atoms with van der Waals surface area (Å²) in [5.74, 6) is 0.641. The van der Waals surface area contributed by atoms with Gasteiger partial charge in [0.1, 0.15) is 6.10 Å². The molecule has 0 bridgehead atoms. The van der Waals surface area contributed by atoms with Gasteiger partial charge in [-0.2, -0.15) is 0 Å². The van der Waals surface area contributed by atoms with Crippen molar-refractivity contribution in [2.75, 3.05) is 21.3 Å².